The zero-order chi connectivity index (χ0) is 20.0. The molecule has 0 radical (unpaired) electrons. The van der Waals surface area contributed by atoms with Gasteiger partial charge in [-0.3, -0.25) is 19.2 Å². The Hall–Kier alpha value is -3.36. The number of benzene rings is 1. The Balaban J connectivity index is 2.32. The SMILES string of the molecule is CC(=O)OCCCNC(=O)c1c(O)c2ccccc2n(CCC(=O)O)c1=O. The third kappa shape index (κ3) is 4.84. The third-order valence-corrected chi connectivity index (χ3v) is 3.83. The van der Waals surface area contributed by atoms with Gasteiger partial charge in [-0.05, 0) is 18.6 Å². The Bertz CT molecular complexity index is 933. The summed E-state index contributed by atoms with van der Waals surface area (Å²) in [6.45, 7) is 1.38. The lowest BCUT2D eigenvalue weighted by molar-refractivity contribution is -0.141. The van der Waals surface area contributed by atoms with Crippen LogP contribution in [0.4, 0.5) is 0 Å². The van der Waals surface area contributed by atoms with Gasteiger partial charge in [0, 0.05) is 25.4 Å². The van der Waals surface area contributed by atoms with Gasteiger partial charge in [0.25, 0.3) is 11.5 Å². The number of carbonyl (C=O) groups excluding carboxylic acids is 2. The molecule has 0 aliphatic rings. The fourth-order valence-electron chi connectivity index (χ4n) is 2.60. The van der Waals surface area contributed by atoms with Crippen molar-refractivity contribution in [2.24, 2.45) is 0 Å². The van der Waals surface area contributed by atoms with Gasteiger partial charge < -0.3 is 24.8 Å². The maximum Gasteiger partial charge on any atom is 0.305 e. The number of pyridine rings is 1. The number of esters is 1. The van der Waals surface area contributed by atoms with Crippen molar-refractivity contribution < 1.29 is 29.3 Å². The van der Waals surface area contributed by atoms with E-state index in [1.54, 1.807) is 24.3 Å². The second-order valence-corrected chi connectivity index (χ2v) is 5.79. The number of carboxylic acids is 1. The highest BCUT2D eigenvalue weighted by Crippen LogP contribution is 2.26. The molecule has 1 heterocycles. The van der Waals surface area contributed by atoms with Crippen LogP contribution in [-0.2, 0) is 20.9 Å². The quantitative estimate of drug-likeness (QED) is 0.459. The minimum Gasteiger partial charge on any atom is -0.506 e. The molecule has 1 aromatic carbocycles. The van der Waals surface area contributed by atoms with Gasteiger partial charge in [0.2, 0.25) is 0 Å². The van der Waals surface area contributed by atoms with E-state index in [1.807, 2.05) is 0 Å². The Labute approximate surface area is 154 Å². The second-order valence-electron chi connectivity index (χ2n) is 5.79. The van der Waals surface area contributed by atoms with E-state index >= 15 is 0 Å². The smallest absolute Gasteiger partial charge is 0.305 e. The van der Waals surface area contributed by atoms with E-state index in [-0.39, 0.29) is 31.5 Å². The van der Waals surface area contributed by atoms with E-state index in [9.17, 15) is 24.3 Å². The fraction of sp³-hybridized carbons (Fsp3) is 0.333. The minimum absolute atomic E-state index is 0.113. The first-order valence-electron chi connectivity index (χ1n) is 8.30. The number of carbonyl (C=O) groups is 3. The van der Waals surface area contributed by atoms with Crippen LogP contribution in [0, 0.1) is 0 Å². The number of fused-ring (bicyclic) bond motifs is 1. The first-order valence-corrected chi connectivity index (χ1v) is 8.30. The number of rotatable bonds is 8. The van der Waals surface area contributed by atoms with E-state index in [1.165, 1.54) is 6.92 Å². The zero-order valence-electron chi connectivity index (χ0n) is 14.7. The largest absolute Gasteiger partial charge is 0.506 e. The van der Waals surface area contributed by atoms with E-state index in [2.05, 4.69) is 5.32 Å². The number of nitrogens with zero attached hydrogens (tertiary/aromatic N) is 1. The first kappa shape index (κ1) is 20.0. The van der Waals surface area contributed by atoms with Crippen LogP contribution in [0.3, 0.4) is 0 Å². The molecule has 0 fully saturated rings. The van der Waals surface area contributed by atoms with Gasteiger partial charge in [0.1, 0.15) is 11.3 Å². The van der Waals surface area contributed by atoms with Crippen molar-refractivity contribution in [3.8, 4) is 5.75 Å². The molecule has 1 aromatic heterocycles. The Kier molecular flexibility index (Phi) is 6.53. The number of aliphatic carboxylic acids is 1. The van der Waals surface area contributed by atoms with Crippen LogP contribution >= 0.6 is 0 Å². The molecule has 0 saturated carbocycles. The highest BCUT2D eigenvalue weighted by atomic mass is 16.5. The molecule has 3 N–H and O–H groups in total. The molecule has 0 unspecified atom stereocenters. The van der Waals surface area contributed by atoms with Gasteiger partial charge in [-0.1, -0.05) is 12.1 Å². The van der Waals surface area contributed by atoms with Crippen molar-refractivity contribution in [2.75, 3.05) is 13.2 Å². The molecule has 0 aliphatic carbocycles. The van der Waals surface area contributed by atoms with Crippen molar-refractivity contribution in [1.29, 1.82) is 0 Å². The summed E-state index contributed by atoms with van der Waals surface area (Å²) in [5, 5.41) is 22.1. The second kappa shape index (κ2) is 8.84. The van der Waals surface area contributed by atoms with Crippen molar-refractivity contribution in [3.63, 3.8) is 0 Å². The van der Waals surface area contributed by atoms with Crippen LogP contribution in [0.5, 0.6) is 5.75 Å². The summed E-state index contributed by atoms with van der Waals surface area (Å²) >= 11 is 0. The molecule has 0 bridgehead atoms. The van der Waals surface area contributed by atoms with E-state index in [0.717, 1.165) is 4.57 Å². The van der Waals surface area contributed by atoms with Crippen LogP contribution in [-0.4, -0.2) is 45.8 Å². The zero-order valence-corrected chi connectivity index (χ0v) is 14.7. The monoisotopic (exact) mass is 376 g/mol. The van der Waals surface area contributed by atoms with Gasteiger partial charge in [-0.25, -0.2) is 0 Å². The molecular formula is C18H20N2O7. The highest BCUT2D eigenvalue weighted by molar-refractivity contribution is 6.02. The summed E-state index contributed by atoms with van der Waals surface area (Å²) in [5.41, 5.74) is -0.885. The predicted molar refractivity (Wildman–Crippen MR) is 95.7 cm³/mol. The summed E-state index contributed by atoms with van der Waals surface area (Å²) in [4.78, 5) is 46.7. The minimum atomic E-state index is -1.09. The molecule has 0 atom stereocenters. The molecule has 144 valence electrons. The predicted octanol–water partition coefficient (Wildman–Crippen LogP) is 0.865. The number of aryl methyl sites for hydroxylation is 1. The number of para-hydroxylation sites is 1. The van der Waals surface area contributed by atoms with Crippen LogP contribution in [0.1, 0.15) is 30.1 Å². The van der Waals surface area contributed by atoms with Crippen molar-refractivity contribution in [2.45, 2.75) is 26.3 Å². The van der Waals surface area contributed by atoms with E-state index in [4.69, 9.17) is 9.84 Å². The maximum atomic E-state index is 12.7. The average Bonchev–Trinajstić information content (AvgIpc) is 2.61. The van der Waals surface area contributed by atoms with Crippen molar-refractivity contribution >= 4 is 28.7 Å². The Morgan fingerprint density at radius 1 is 1.22 bits per heavy atom. The van der Waals surface area contributed by atoms with E-state index < -0.39 is 34.7 Å². The number of aromatic nitrogens is 1. The molecule has 9 heteroatoms. The van der Waals surface area contributed by atoms with Gasteiger partial charge in [-0.2, -0.15) is 0 Å². The lowest BCUT2D eigenvalue weighted by Crippen LogP contribution is -2.34. The Morgan fingerprint density at radius 2 is 1.93 bits per heavy atom. The highest BCUT2D eigenvalue weighted by Gasteiger charge is 2.22. The fourth-order valence-corrected chi connectivity index (χ4v) is 2.60. The molecule has 0 saturated heterocycles. The Morgan fingerprint density at radius 3 is 2.59 bits per heavy atom. The average molecular weight is 376 g/mol. The topological polar surface area (TPSA) is 135 Å². The normalized spacial score (nSPS) is 10.6. The number of ether oxygens (including phenoxy) is 1. The van der Waals surface area contributed by atoms with Crippen molar-refractivity contribution in [3.05, 3.63) is 40.2 Å². The van der Waals surface area contributed by atoms with Crippen LogP contribution < -0.4 is 10.9 Å². The molecule has 0 spiro atoms. The summed E-state index contributed by atoms with van der Waals surface area (Å²) in [5.74, 6) is -2.76. The summed E-state index contributed by atoms with van der Waals surface area (Å²) in [7, 11) is 0. The molecule has 1 amide bonds. The first-order chi connectivity index (χ1) is 12.8. The number of hydrogen-bond donors (Lipinski definition) is 3. The summed E-state index contributed by atoms with van der Waals surface area (Å²) in [6, 6.07) is 6.39. The number of aromatic hydroxyl groups is 1. The summed E-state index contributed by atoms with van der Waals surface area (Å²) < 4.78 is 5.91. The molecule has 0 aliphatic heterocycles. The lowest BCUT2D eigenvalue weighted by Gasteiger charge is -2.14. The van der Waals surface area contributed by atoms with Gasteiger partial charge in [0.15, 0.2) is 0 Å². The standard InChI is InChI=1S/C18H20N2O7/c1-11(21)27-10-4-8-19-17(25)15-16(24)12-5-2-3-6-13(12)20(18(15)26)9-7-14(22)23/h2-3,5-6,24H,4,7-10H2,1H3,(H,19,25)(H,22,23). The van der Waals surface area contributed by atoms with Crippen LogP contribution in [0.25, 0.3) is 10.9 Å². The third-order valence-electron chi connectivity index (χ3n) is 3.83. The van der Waals surface area contributed by atoms with Gasteiger partial charge >= 0.3 is 11.9 Å². The number of hydrogen-bond acceptors (Lipinski definition) is 6. The molecule has 27 heavy (non-hydrogen) atoms. The molecule has 9 nitrogen and oxygen atoms in total. The maximum absolute atomic E-state index is 12.7. The van der Waals surface area contributed by atoms with Gasteiger partial charge in [0.05, 0.1) is 18.5 Å². The van der Waals surface area contributed by atoms with Crippen molar-refractivity contribution in [1.82, 2.24) is 9.88 Å². The van der Waals surface area contributed by atoms with Crippen LogP contribution in [0.2, 0.25) is 0 Å². The van der Waals surface area contributed by atoms with E-state index in [0.29, 0.717) is 11.9 Å². The summed E-state index contributed by atoms with van der Waals surface area (Å²) in [6.07, 6.45) is 0.0327. The lowest BCUT2D eigenvalue weighted by atomic mass is 10.1. The molecule has 2 aromatic rings. The molecule has 2 rings (SSSR count). The van der Waals surface area contributed by atoms with Crippen LogP contribution in [0.15, 0.2) is 29.1 Å². The molecular weight excluding hydrogens is 356 g/mol. The number of carboxylic acid groups (broad SMARTS) is 1. The van der Waals surface area contributed by atoms with Gasteiger partial charge in [-0.15, -0.1) is 0 Å². The number of amides is 1. The number of nitrogens with one attached hydrogen (secondary N) is 1.